The minimum absolute atomic E-state index is 0.0000794. The summed E-state index contributed by atoms with van der Waals surface area (Å²) >= 11 is 13.1. The number of hydrogen-bond donors (Lipinski definition) is 4. The lowest BCUT2D eigenvalue weighted by molar-refractivity contribution is -0.123. The second-order valence-electron chi connectivity index (χ2n) is 28.0. The summed E-state index contributed by atoms with van der Waals surface area (Å²) in [7, 11) is -2.78. The van der Waals surface area contributed by atoms with Gasteiger partial charge in [0.05, 0.1) is 92.8 Å². The van der Waals surface area contributed by atoms with Crippen LogP contribution in [0.15, 0.2) is 94.5 Å². The number of anilines is 2. The zero-order valence-electron chi connectivity index (χ0n) is 60.3. The van der Waals surface area contributed by atoms with E-state index >= 15 is 26.3 Å². The van der Waals surface area contributed by atoms with Crippen LogP contribution < -0.4 is 40.7 Å². The summed E-state index contributed by atoms with van der Waals surface area (Å²) in [5, 5.41) is 20.1. The minimum atomic E-state index is -3.94. The van der Waals surface area contributed by atoms with E-state index in [9.17, 15) is 71.1 Å². The molecule has 6 aromatic carbocycles. The Balaban J connectivity index is 0.000000182. The van der Waals surface area contributed by atoms with Gasteiger partial charge in [-0.1, -0.05) is 23.2 Å². The predicted octanol–water partition coefficient (Wildman–Crippen LogP) is 12.3. The lowest BCUT2D eigenvalue weighted by atomic mass is 10.0. The Bertz CT molecular complexity index is 6150. The van der Waals surface area contributed by atoms with Crippen LogP contribution in [0.1, 0.15) is 106 Å². The maximum atomic E-state index is 16.0. The van der Waals surface area contributed by atoms with E-state index in [1.165, 1.54) is 59.9 Å². The number of sulfonamides is 2. The van der Waals surface area contributed by atoms with Gasteiger partial charge >= 0.3 is 0 Å². The van der Waals surface area contributed by atoms with Crippen LogP contribution in [-0.4, -0.2) is 114 Å². The van der Waals surface area contributed by atoms with E-state index in [1.807, 2.05) is 0 Å². The first kappa shape index (κ1) is 79.8. The van der Waals surface area contributed by atoms with E-state index in [4.69, 9.17) is 32.7 Å². The number of fused-ring (bicyclic) bond motifs is 10. The zero-order valence-corrected chi connectivity index (χ0v) is 63.4. The Kier molecular flexibility index (Phi) is 19.8. The first-order valence-electron chi connectivity index (χ1n) is 34.4. The molecular formula is C72H56Cl2F14N16O10S2. The molecule has 608 valence electrons. The van der Waals surface area contributed by atoms with Gasteiger partial charge in [-0.25, -0.2) is 70.7 Å². The van der Waals surface area contributed by atoms with Crippen molar-refractivity contribution in [1.29, 1.82) is 0 Å². The standard InChI is InChI=1S/2C36H28ClF7N8O5S/c2*1-50-30-22(6-5-20(37)26(30)33(48-50)49-58(3,55)56)52-34(46-28-17(35(52)54)4-7-23(57-2)27(28)40)21(10-14-8-15(38)11-16(39)9-14)45-24(53)13-51-31-25(29(47-51)32(41)42)18-12-19(18)36(31,43)44/h2*4-9,11,18-19,21,32H,10,12-13H2,1-3H3,(H,45,53)(H,48,49)/t18-,19+,21?;18-,19+,21-/m00/s1. The maximum absolute atomic E-state index is 16.0. The Morgan fingerprint density at radius 3 is 1.22 bits per heavy atom. The van der Waals surface area contributed by atoms with Crippen molar-refractivity contribution in [2.45, 2.75) is 87.4 Å². The molecule has 6 heterocycles. The SMILES string of the molecule is COc1ccc2c(=O)n(-c3ccc(Cl)c4c(NS(C)(=O)=O)nn(C)c34)c(C(Cc3cc(F)cc(F)c3)NC(=O)Cn3nc(C(F)F)c4c3C(F)(F)[C@@H]3C[C@H]43)nc2c1F.COc1ccc2c(=O)n(-c3ccc(Cl)c4c(NS(C)(=O)=O)nn(C)c34)c([C@H](Cc3cc(F)cc(F)c3)NC(=O)Cn3nc(C(F)F)c4c3C(F)(F)[C@@H]3C[C@H]43)nc2c1F. The highest BCUT2D eigenvalue weighted by Gasteiger charge is 2.68. The highest BCUT2D eigenvalue weighted by molar-refractivity contribution is 7.92. The molecule has 0 aliphatic heterocycles. The third kappa shape index (κ3) is 14.0. The smallest absolute Gasteiger partial charge is 0.293 e. The van der Waals surface area contributed by atoms with Gasteiger partial charge in [0.2, 0.25) is 31.9 Å². The van der Waals surface area contributed by atoms with Crippen LogP contribution in [-0.2, 0) is 81.5 Å². The van der Waals surface area contributed by atoms with Gasteiger partial charge in [0.1, 0.15) is 81.8 Å². The van der Waals surface area contributed by atoms with Gasteiger partial charge in [-0.2, -0.15) is 38.0 Å². The minimum Gasteiger partial charge on any atom is -0.494 e. The van der Waals surface area contributed by atoms with Crippen molar-refractivity contribution in [2.24, 2.45) is 25.9 Å². The molecule has 6 aromatic heterocycles. The highest BCUT2D eigenvalue weighted by Crippen LogP contribution is 2.69. The quantitative estimate of drug-likeness (QED) is 0.0458. The van der Waals surface area contributed by atoms with Crippen molar-refractivity contribution in [3.8, 4) is 22.9 Å². The first-order valence-corrected chi connectivity index (χ1v) is 39.0. The molecule has 4 aliphatic rings. The first-order chi connectivity index (χ1) is 54.6. The monoisotopic (exact) mass is 1700 g/mol. The molecule has 2 amide bonds. The molecule has 6 atom stereocenters. The van der Waals surface area contributed by atoms with Gasteiger partial charge in [-0.3, -0.25) is 56.5 Å². The molecule has 4 N–H and O–H groups in total. The van der Waals surface area contributed by atoms with Crippen LogP contribution in [0, 0.1) is 46.7 Å². The van der Waals surface area contributed by atoms with Gasteiger partial charge in [0, 0.05) is 62.0 Å². The molecule has 0 bridgehead atoms. The molecule has 16 rings (SSSR count). The molecule has 4 aliphatic carbocycles. The van der Waals surface area contributed by atoms with Crippen molar-refractivity contribution < 1.29 is 97.4 Å². The lowest BCUT2D eigenvalue weighted by Gasteiger charge is -2.24. The molecule has 26 nitrogen and oxygen atoms in total. The van der Waals surface area contributed by atoms with Gasteiger partial charge in [-0.05, 0) is 109 Å². The number of aromatic nitrogens is 12. The lowest BCUT2D eigenvalue weighted by Crippen LogP contribution is -2.38. The Morgan fingerprint density at radius 2 is 0.897 bits per heavy atom. The number of alkyl halides is 8. The fourth-order valence-electron chi connectivity index (χ4n) is 15.5. The number of carbonyl (C=O) groups is 2. The van der Waals surface area contributed by atoms with Gasteiger partial charge < -0.3 is 20.1 Å². The molecule has 12 aromatic rings. The van der Waals surface area contributed by atoms with Crippen molar-refractivity contribution in [1.82, 2.24) is 68.9 Å². The molecule has 0 saturated heterocycles. The van der Waals surface area contributed by atoms with E-state index in [2.05, 4.69) is 50.4 Å². The molecule has 116 heavy (non-hydrogen) atoms. The average molecular weight is 1710 g/mol. The number of nitrogens with one attached hydrogen (secondary N) is 4. The van der Waals surface area contributed by atoms with Crippen LogP contribution >= 0.6 is 23.2 Å². The molecule has 2 fully saturated rings. The number of carbonyl (C=O) groups excluding carboxylic acids is 2. The Morgan fingerprint density at radius 1 is 0.543 bits per heavy atom. The van der Waals surface area contributed by atoms with Crippen molar-refractivity contribution in [3.63, 3.8) is 0 Å². The van der Waals surface area contributed by atoms with Crippen LogP contribution in [0.25, 0.3) is 55.0 Å². The molecule has 0 radical (unpaired) electrons. The molecule has 44 heteroatoms. The number of amides is 2. The number of ether oxygens (including phenoxy) is 2. The molecular weight excluding hydrogens is 1650 g/mol. The van der Waals surface area contributed by atoms with Crippen LogP contribution in [0.2, 0.25) is 10.0 Å². The molecule has 2 saturated carbocycles. The molecule has 1 unspecified atom stereocenters. The summed E-state index contributed by atoms with van der Waals surface area (Å²) in [6.45, 7) is -2.10. The van der Waals surface area contributed by atoms with Crippen LogP contribution in [0.3, 0.4) is 0 Å². The van der Waals surface area contributed by atoms with E-state index in [1.54, 1.807) is 0 Å². The third-order valence-electron chi connectivity index (χ3n) is 20.2. The predicted molar refractivity (Wildman–Crippen MR) is 389 cm³/mol. The number of rotatable bonds is 22. The summed E-state index contributed by atoms with van der Waals surface area (Å²) in [4.78, 5) is 66.2. The summed E-state index contributed by atoms with van der Waals surface area (Å²) in [5.41, 5.74) is -7.59. The number of halogens is 16. The molecule has 0 spiro atoms. The maximum Gasteiger partial charge on any atom is 0.293 e. The normalized spacial score (nSPS) is 17.4. The zero-order chi connectivity index (χ0) is 83.5. The van der Waals surface area contributed by atoms with Crippen molar-refractivity contribution in [2.75, 3.05) is 36.2 Å². The number of aryl methyl sites for hydroxylation is 2. The largest absolute Gasteiger partial charge is 0.494 e. The van der Waals surface area contributed by atoms with Crippen LogP contribution in [0.5, 0.6) is 11.5 Å². The van der Waals surface area contributed by atoms with Crippen LogP contribution in [0.4, 0.5) is 73.1 Å². The fourth-order valence-corrected chi connectivity index (χ4v) is 17.0. The van der Waals surface area contributed by atoms with Crippen molar-refractivity contribution in [3.05, 3.63) is 207 Å². The number of methoxy groups -OCH3 is 2. The fraction of sp³-hybridized carbons (Fsp3) is 0.306. The summed E-state index contributed by atoms with van der Waals surface area (Å²) in [6, 6.07) is 11.4. The summed E-state index contributed by atoms with van der Waals surface area (Å²) in [5.74, 6) is -22.1. The number of nitrogens with zero attached hydrogens (tertiary/aromatic N) is 12. The highest BCUT2D eigenvalue weighted by atomic mass is 35.5. The van der Waals surface area contributed by atoms with E-state index in [0.717, 1.165) is 72.3 Å². The summed E-state index contributed by atoms with van der Waals surface area (Å²) in [6.07, 6.45) is -5.95. The number of hydrogen-bond acceptors (Lipinski definition) is 16. The Labute approximate surface area is 653 Å². The third-order valence-corrected chi connectivity index (χ3v) is 22.0. The average Bonchev–Trinajstić information content (AvgIpc) is 1.52. The second-order valence-corrected chi connectivity index (χ2v) is 32.3. The topological polar surface area (TPSA) is 310 Å². The van der Waals surface area contributed by atoms with Crippen molar-refractivity contribution >= 4 is 110 Å². The Hall–Kier alpha value is -11.4. The second kappa shape index (κ2) is 28.8. The van der Waals surface area contributed by atoms with Gasteiger partial charge in [0.15, 0.2) is 34.8 Å². The van der Waals surface area contributed by atoms with E-state index in [0.29, 0.717) is 21.5 Å². The van der Waals surface area contributed by atoms with E-state index < -0.39 is 210 Å². The van der Waals surface area contributed by atoms with Gasteiger partial charge in [-0.15, -0.1) is 0 Å². The summed E-state index contributed by atoms with van der Waals surface area (Å²) < 4.78 is 277. The number of benzene rings is 6. The van der Waals surface area contributed by atoms with Gasteiger partial charge in [0.25, 0.3) is 35.8 Å². The van der Waals surface area contributed by atoms with E-state index in [-0.39, 0.29) is 112 Å².